The molecule has 0 radical (unpaired) electrons. The number of hydrogen-bond donors (Lipinski definition) is 0. The fraction of sp³-hybridized carbons (Fsp3) is 0.571. The third-order valence-electron chi connectivity index (χ3n) is 1.36. The molecule has 5 nitrogen and oxygen atoms in total. The van der Waals surface area contributed by atoms with Gasteiger partial charge in [0, 0.05) is 0 Å². The van der Waals surface area contributed by atoms with Crippen molar-refractivity contribution in [2.24, 2.45) is 0 Å². The summed E-state index contributed by atoms with van der Waals surface area (Å²) in [6, 6.07) is 1.41. The first-order valence-electron chi connectivity index (χ1n) is 3.42. The summed E-state index contributed by atoms with van der Waals surface area (Å²) >= 11 is 0. The normalized spacial score (nSPS) is 10.9. The van der Waals surface area contributed by atoms with Crippen LogP contribution in [0.5, 0.6) is 0 Å². The minimum atomic E-state index is -3.93. The molecule has 6 heteroatoms. The van der Waals surface area contributed by atoms with Gasteiger partial charge in [-0.15, -0.1) is 0 Å². The maximum atomic E-state index is 11.1. The Morgan fingerprint density at radius 2 is 1.69 bits per heavy atom. The van der Waals surface area contributed by atoms with Crippen molar-refractivity contribution in [3.05, 3.63) is 0 Å². The lowest BCUT2D eigenvalue weighted by molar-refractivity contribution is -0.124. The highest BCUT2D eigenvalue weighted by Gasteiger charge is 2.33. The van der Waals surface area contributed by atoms with Gasteiger partial charge in [0.2, 0.25) is 0 Å². The molecule has 0 amide bonds. The molecule has 0 aromatic rings. The summed E-state index contributed by atoms with van der Waals surface area (Å²) in [4.78, 5) is 21.6. The highest BCUT2D eigenvalue weighted by molar-refractivity contribution is 7.93. The molecule has 13 heavy (non-hydrogen) atoms. The van der Waals surface area contributed by atoms with Gasteiger partial charge in [-0.2, -0.15) is 5.26 Å². The monoisotopic (exact) mass is 203 g/mol. The van der Waals surface area contributed by atoms with E-state index >= 15 is 0 Å². The average Bonchev–Trinajstić information content (AvgIpc) is 1.82. The highest BCUT2D eigenvalue weighted by Crippen LogP contribution is 2.05. The summed E-state index contributed by atoms with van der Waals surface area (Å²) in [6.45, 7) is 2.03. The zero-order valence-corrected chi connectivity index (χ0v) is 8.09. The van der Waals surface area contributed by atoms with E-state index < -0.39 is 32.4 Å². The summed E-state index contributed by atoms with van der Waals surface area (Å²) in [6.07, 6.45) is 0. The third-order valence-corrected chi connectivity index (χ3v) is 3.28. The number of rotatable bonds is 4. The van der Waals surface area contributed by atoms with Crippen LogP contribution in [0.3, 0.4) is 0 Å². The summed E-state index contributed by atoms with van der Waals surface area (Å²) < 4.78 is 22.3. The van der Waals surface area contributed by atoms with Crippen molar-refractivity contribution in [1.82, 2.24) is 0 Å². The summed E-state index contributed by atoms with van der Waals surface area (Å²) in [5.74, 6) is -2.30. The van der Waals surface area contributed by atoms with E-state index in [0.29, 0.717) is 0 Å². The second-order valence-electron chi connectivity index (χ2n) is 2.57. The number of carbonyl (C=O) groups is 2. The van der Waals surface area contributed by atoms with E-state index in [1.165, 1.54) is 6.07 Å². The average molecular weight is 203 g/mol. The SMILES string of the molecule is CC(=O)C(C(C)=O)S(=O)(=O)CC#N. The number of nitrogens with zero attached hydrogens (tertiary/aromatic N) is 1. The molecular formula is C7H9NO4S. The van der Waals surface area contributed by atoms with Crippen molar-refractivity contribution in [3.63, 3.8) is 0 Å². The first kappa shape index (κ1) is 11.8. The number of nitriles is 1. The lowest BCUT2D eigenvalue weighted by Crippen LogP contribution is -2.36. The van der Waals surface area contributed by atoms with Gasteiger partial charge in [0.15, 0.2) is 26.7 Å². The Labute approximate surface area is 76.3 Å². The predicted octanol–water partition coefficient (Wildman–Crippen LogP) is -0.529. The first-order chi connectivity index (χ1) is 5.83. The van der Waals surface area contributed by atoms with E-state index in [-0.39, 0.29) is 0 Å². The molecule has 0 fully saturated rings. The second kappa shape index (κ2) is 4.14. The predicted molar refractivity (Wildman–Crippen MR) is 44.5 cm³/mol. The zero-order valence-electron chi connectivity index (χ0n) is 7.27. The molecule has 0 aliphatic heterocycles. The van der Waals surface area contributed by atoms with Crippen LogP contribution in [0.25, 0.3) is 0 Å². The summed E-state index contributed by atoms with van der Waals surface area (Å²) in [7, 11) is -3.93. The van der Waals surface area contributed by atoms with E-state index in [9.17, 15) is 18.0 Å². The Balaban J connectivity index is 5.11. The molecule has 0 aromatic heterocycles. The minimum Gasteiger partial charge on any atom is -0.298 e. The Kier molecular flexibility index (Phi) is 3.75. The largest absolute Gasteiger partial charge is 0.298 e. The van der Waals surface area contributed by atoms with Crippen LogP contribution in [0.15, 0.2) is 0 Å². The van der Waals surface area contributed by atoms with Crippen molar-refractivity contribution in [3.8, 4) is 6.07 Å². The topological polar surface area (TPSA) is 92.1 Å². The fourth-order valence-corrected chi connectivity index (χ4v) is 2.32. The lowest BCUT2D eigenvalue weighted by Gasteiger charge is -2.07. The molecule has 0 unspecified atom stereocenters. The second-order valence-corrected chi connectivity index (χ2v) is 4.65. The molecule has 0 aliphatic carbocycles. The number of Topliss-reactive ketones (excluding diaryl/α,β-unsaturated/α-hetero) is 2. The van der Waals surface area contributed by atoms with Crippen molar-refractivity contribution in [2.45, 2.75) is 19.1 Å². The Morgan fingerprint density at radius 3 is 1.92 bits per heavy atom. The van der Waals surface area contributed by atoms with Gasteiger partial charge < -0.3 is 0 Å². The molecule has 0 atom stereocenters. The number of ketones is 2. The maximum Gasteiger partial charge on any atom is 0.180 e. The van der Waals surface area contributed by atoms with Crippen LogP contribution in [0.1, 0.15) is 13.8 Å². The standard InChI is InChI=1S/C7H9NO4S/c1-5(9)7(6(2)10)13(11,12)4-3-8/h7H,4H2,1-2H3. The molecule has 72 valence electrons. The van der Waals surface area contributed by atoms with Crippen molar-refractivity contribution < 1.29 is 18.0 Å². The molecule has 0 saturated heterocycles. The quantitative estimate of drug-likeness (QED) is 0.573. The van der Waals surface area contributed by atoms with Crippen LogP contribution in [-0.2, 0) is 19.4 Å². The highest BCUT2D eigenvalue weighted by atomic mass is 32.2. The van der Waals surface area contributed by atoms with Gasteiger partial charge in [0.25, 0.3) is 0 Å². The Morgan fingerprint density at radius 1 is 1.31 bits per heavy atom. The Hall–Kier alpha value is -1.22. The molecule has 0 N–H and O–H groups in total. The van der Waals surface area contributed by atoms with Crippen LogP contribution in [-0.4, -0.2) is 31.0 Å². The van der Waals surface area contributed by atoms with E-state index in [0.717, 1.165) is 13.8 Å². The van der Waals surface area contributed by atoms with E-state index in [1.54, 1.807) is 0 Å². The first-order valence-corrected chi connectivity index (χ1v) is 5.14. The zero-order chi connectivity index (χ0) is 10.6. The van der Waals surface area contributed by atoms with Gasteiger partial charge in [0.05, 0.1) is 6.07 Å². The summed E-state index contributed by atoms with van der Waals surface area (Å²) in [5.41, 5.74) is 0. The molecule has 0 spiro atoms. The van der Waals surface area contributed by atoms with Gasteiger partial charge in [-0.1, -0.05) is 0 Å². The van der Waals surface area contributed by atoms with Gasteiger partial charge in [-0.25, -0.2) is 8.42 Å². The van der Waals surface area contributed by atoms with Crippen molar-refractivity contribution in [2.75, 3.05) is 5.75 Å². The van der Waals surface area contributed by atoms with Gasteiger partial charge >= 0.3 is 0 Å². The molecular weight excluding hydrogens is 194 g/mol. The van der Waals surface area contributed by atoms with Gasteiger partial charge in [-0.05, 0) is 13.8 Å². The summed E-state index contributed by atoms with van der Waals surface area (Å²) in [5, 5.41) is 6.49. The maximum absolute atomic E-state index is 11.1. The number of sulfone groups is 1. The van der Waals surface area contributed by atoms with E-state index in [1.807, 2.05) is 0 Å². The number of carbonyl (C=O) groups excluding carboxylic acids is 2. The molecule has 0 rings (SSSR count). The fourth-order valence-electron chi connectivity index (χ4n) is 0.965. The third kappa shape index (κ3) is 2.95. The molecule has 0 saturated carbocycles. The minimum absolute atomic E-state index is 0.747. The van der Waals surface area contributed by atoms with Crippen LogP contribution in [0.4, 0.5) is 0 Å². The molecule has 0 bridgehead atoms. The molecule has 0 heterocycles. The van der Waals surface area contributed by atoms with Gasteiger partial charge in [-0.3, -0.25) is 9.59 Å². The smallest absolute Gasteiger partial charge is 0.180 e. The van der Waals surface area contributed by atoms with E-state index in [4.69, 9.17) is 5.26 Å². The van der Waals surface area contributed by atoms with Crippen LogP contribution < -0.4 is 0 Å². The molecule has 0 aromatic carbocycles. The lowest BCUT2D eigenvalue weighted by atomic mass is 10.2. The van der Waals surface area contributed by atoms with Gasteiger partial charge in [0.1, 0.15) is 5.75 Å². The van der Waals surface area contributed by atoms with Crippen molar-refractivity contribution >= 4 is 21.4 Å². The van der Waals surface area contributed by atoms with Crippen molar-refractivity contribution in [1.29, 1.82) is 5.26 Å². The van der Waals surface area contributed by atoms with Crippen LogP contribution in [0, 0.1) is 11.3 Å². The number of hydrogen-bond acceptors (Lipinski definition) is 5. The van der Waals surface area contributed by atoms with Crippen LogP contribution in [0.2, 0.25) is 0 Å². The Bertz CT molecular complexity index is 348. The molecule has 0 aliphatic rings. The van der Waals surface area contributed by atoms with Crippen LogP contribution >= 0.6 is 0 Å². The van der Waals surface area contributed by atoms with E-state index in [2.05, 4.69) is 0 Å².